The van der Waals surface area contributed by atoms with E-state index in [1.165, 1.54) is 35.2 Å². The van der Waals surface area contributed by atoms with Crippen LogP contribution >= 0.6 is 22.7 Å². The first kappa shape index (κ1) is 17.4. The Hall–Kier alpha value is -2.42. The van der Waals surface area contributed by atoms with Gasteiger partial charge in [0.2, 0.25) is 0 Å². The molecule has 0 aromatic carbocycles. The molecule has 0 radical (unpaired) electrons. The van der Waals surface area contributed by atoms with Gasteiger partial charge in [0.25, 0.3) is 0 Å². The highest BCUT2D eigenvalue weighted by atomic mass is 32.1. The summed E-state index contributed by atoms with van der Waals surface area (Å²) in [5.41, 5.74) is -0.0154. The molecular formula is C17H16N2O4S2. The highest BCUT2D eigenvalue weighted by Crippen LogP contribution is 2.32. The van der Waals surface area contributed by atoms with Crippen LogP contribution in [0.25, 0.3) is 0 Å². The number of aliphatic hydroxyl groups is 1. The fourth-order valence-corrected chi connectivity index (χ4v) is 3.80. The minimum absolute atomic E-state index is 0.141. The van der Waals surface area contributed by atoms with Gasteiger partial charge in [-0.2, -0.15) is 11.3 Å². The van der Waals surface area contributed by atoms with E-state index in [-0.39, 0.29) is 13.1 Å². The number of nitrogens with one attached hydrogen (secondary N) is 2. The lowest BCUT2D eigenvalue weighted by Crippen LogP contribution is -2.46. The lowest BCUT2D eigenvalue weighted by molar-refractivity contribution is -0.139. The van der Waals surface area contributed by atoms with Crippen LogP contribution in [0.4, 0.5) is 0 Å². The fourth-order valence-electron chi connectivity index (χ4n) is 2.29. The average Bonchev–Trinajstić information content (AvgIpc) is 3.38. The predicted octanol–water partition coefficient (Wildman–Crippen LogP) is 2.07. The largest absolute Gasteiger partial charge is 0.472 e. The molecule has 3 heterocycles. The van der Waals surface area contributed by atoms with E-state index in [0.717, 1.165) is 5.56 Å². The Morgan fingerprint density at radius 2 is 2.00 bits per heavy atom. The molecule has 3 N–H and O–H groups in total. The molecule has 0 bridgehead atoms. The number of carbonyl (C=O) groups is 2. The van der Waals surface area contributed by atoms with E-state index in [1.54, 1.807) is 18.2 Å². The maximum Gasteiger partial charge on any atom is 0.309 e. The van der Waals surface area contributed by atoms with E-state index >= 15 is 0 Å². The third-order valence-corrected chi connectivity index (χ3v) is 5.42. The lowest BCUT2D eigenvalue weighted by Gasteiger charge is -2.26. The van der Waals surface area contributed by atoms with E-state index < -0.39 is 17.4 Å². The second-order valence-electron chi connectivity index (χ2n) is 5.35. The molecule has 0 aliphatic carbocycles. The second kappa shape index (κ2) is 7.64. The van der Waals surface area contributed by atoms with Crippen molar-refractivity contribution in [1.82, 2.24) is 10.6 Å². The van der Waals surface area contributed by atoms with Gasteiger partial charge in [-0.05, 0) is 39.9 Å². The Labute approximate surface area is 152 Å². The quantitative estimate of drug-likeness (QED) is 0.575. The SMILES string of the molecule is O=C(NCc1ccsc1)C(=O)NC[C@@](O)(c1ccoc1)c1cccs1. The molecule has 6 nitrogen and oxygen atoms in total. The molecule has 3 aromatic heterocycles. The van der Waals surface area contributed by atoms with Gasteiger partial charge in [-0.3, -0.25) is 9.59 Å². The molecule has 8 heteroatoms. The molecule has 0 saturated carbocycles. The first-order valence-corrected chi connectivity index (χ1v) is 9.28. The van der Waals surface area contributed by atoms with Crippen LogP contribution in [0.3, 0.4) is 0 Å². The zero-order valence-corrected chi connectivity index (χ0v) is 14.7. The summed E-state index contributed by atoms with van der Waals surface area (Å²) in [6.07, 6.45) is 2.87. The van der Waals surface area contributed by atoms with Crippen LogP contribution in [0.2, 0.25) is 0 Å². The van der Waals surface area contributed by atoms with Crippen molar-refractivity contribution in [2.24, 2.45) is 0 Å². The van der Waals surface area contributed by atoms with E-state index in [9.17, 15) is 14.7 Å². The van der Waals surface area contributed by atoms with Gasteiger partial charge in [-0.15, -0.1) is 11.3 Å². The summed E-state index contributed by atoms with van der Waals surface area (Å²) in [6, 6.07) is 7.07. The molecule has 0 aliphatic rings. The highest BCUT2D eigenvalue weighted by molar-refractivity contribution is 7.10. The summed E-state index contributed by atoms with van der Waals surface area (Å²) < 4.78 is 5.05. The van der Waals surface area contributed by atoms with Crippen LogP contribution in [-0.2, 0) is 21.7 Å². The van der Waals surface area contributed by atoms with E-state index in [0.29, 0.717) is 10.4 Å². The standard InChI is InChI=1S/C17H16N2O4S2/c20-15(18-8-12-4-7-24-10-12)16(21)19-11-17(22,13-3-5-23-9-13)14-2-1-6-25-14/h1-7,9-10,22H,8,11H2,(H,18,20)(H,19,21)/t17-/m1/s1. The topological polar surface area (TPSA) is 91.6 Å². The molecule has 0 spiro atoms. The molecule has 3 rings (SSSR count). The molecule has 3 aromatic rings. The molecule has 0 saturated heterocycles. The molecule has 130 valence electrons. The monoisotopic (exact) mass is 376 g/mol. The van der Waals surface area contributed by atoms with Gasteiger partial charge in [0.15, 0.2) is 0 Å². The van der Waals surface area contributed by atoms with Crippen LogP contribution < -0.4 is 10.6 Å². The van der Waals surface area contributed by atoms with Crippen molar-refractivity contribution in [3.8, 4) is 0 Å². The second-order valence-corrected chi connectivity index (χ2v) is 7.07. The number of thiophene rings is 2. The number of amides is 2. The van der Waals surface area contributed by atoms with Crippen molar-refractivity contribution in [3.63, 3.8) is 0 Å². The minimum Gasteiger partial charge on any atom is -0.472 e. The normalized spacial score (nSPS) is 13.2. The number of furan rings is 1. The third-order valence-electron chi connectivity index (χ3n) is 3.67. The number of hydrogen-bond donors (Lipinski definition) is 3. The maximum absolute atomic E-state index is 12.0. The van der Waals surface area contributed by atoms with E-state index in [2.05, 4.69) is 10.6 Å². The van der Waals surface area contributed by atoms with Gasteiger partial charge >= 0.3 is 11.8 Å². The van der Waals surface area contributed by atoms with Crippen LogP contribution in [0.15, 0.2) is 57.3 Å². The molecule has 0 fully saturated rings. The maximum atomic E-state index is 12.0. The van der Waals surface area contributed by atoms with Crippen molar-refractivity contribution < 1.29 is 19.1 Å². The van der Waals surface area contributed by atoms with Crippen LogP contribution in [-0.4, -0.2) is 23.5 Å². The summed E-state index contributed by atoms with van der Waals surface area (Å²) in [4.78, 5) is 24.6. The van der Waals surface area contributed by atoms with Gasteiger partial charge in [-0.25, -0.2) is 0 Å². The summed E-state index contributed by atoms with van der Waals surface area (Å²) in [7, 11) is 0. The Bertz CT molecular complexity index is 777. The molecule has 0 aliphatic heterocycles. The summed E-state index contributed by atoms with van der Waals surface area (Å²) in [6.45, 7) is 0.143. The summed E-state index contributed by atoms with van der Waals surface area (Å²) in [5.74, 6) is -1.54. The van der Waals surface area contributed by atoms with Gasteiger partial charge in [0.05, 0.1) is 19.1 Å². The lowest BCUT2D eigenvalue weighted by atomic mass is 9.94. The number of carbonyl (C=O) groups excluding carboxylic acids is 2. The van der Waals surface area contributed by atoms with Crippen LogP contribution in [0.1, 0.15) is 16.0 Å². The molecule has 25 heavy (non-hydrogen) atoms. The van der Waals surface area contributed by atoms with Gasteiger partial charge in [0, 0.05) is 17.0 Å². The summed E-state index contributed by atoms with van der Waals surface area (Å²) in [5, 5.41) is 21.7. The van der Waals surface area contributed by atoms with E-state index in [1.807, 2.05) is 22.2 Å². The highest BCUT2D eigenvalue weighted by Gasteiger charge is 2.34. The van der Waals surface area contributed by atoms with Crippen molar-refractivity contribution in [2.45, 2.75) is 12.1 Å². The van der Waals surface area contributed by atoms with Crippen molar-refractivity contribution in [1.29, 1.82) is 0 Å². The number of hydrogen-bond acceptors (Lipinski definition) is 6. The van der Waals surface area contributed by atoms with Crippen LogP contribution in [0.5, 0.6) is 0 Å². The average molecular weight is 376 g/mol. The zero-order chi connectivity index (χ0) is 17.7. The van der Waals surface area contributed by atoms with Crippen molar-refractivity contribution >= 4 is 34.5 Å². The Morgan fingerprint density at radius 3 is 2.64 bits per heavy atom. The first-order chi connectivity index (χ1) is 12.1. The Balaban J connectivity index is 1.63. The fraction of sp³-hybridized carbons (Fsp3) is 0.176. The van der Waals surface area contributed by atoms with E-state index in [4.69, 9.17) is 4.42 Å². The molecule has 2 amide bonds. The Kier molecular flexibility index (Phi) is 5.32. The minimum atomic E-state index is -1.45. The first-order valence-electron chi connectivity index (χ1n) is 7.46. The number of rotatable bonds is 6. The predicted molar refractivity (Wildman–Crippen MR) is 95.2 cm³/mol. The van der Waals surface area contributed by atoms with Gasteiger partial charge < -0.3 is 20.2 Å². The zero-order valence-electron chi connectivity index (χ0n) is 13.1. The Morgan fingerprint density at radius 1 is 1.16 bits per heavy atom. The van der Waals surface area contributed by atoms with Gasteiger partial charge in [0.1, 0.15) is 5.60 Å². The molecule has 1 atom stereocenters. The van der Waals surface area contributed by atoms with Crippen LogP contribution in [0, 0.1) is 0 Å². The van der Waals surface area contributed by atoms with Gasteiger partial charge in [-0.1, -0.05) is 6.07 Å². The third kappa shape index (κ3) is 3.98. The van der Waals surface area contributed by atoms with Crippen molar-refractivity contribution in [3.05, 3.63) is 68.9 Å². The van der Waals surface area contributed by atoms with Crippen molar-refractivity contribution in [2.75, 3.05) is 6.54 Å². The molecule has 0 unspecified atom stereocenters. The summed E-state index contributed by atoms with van der Waals surface area (Å²) >= 11 is 2.87. The molecular weight excluding hydrogens is 360 g/mol. The smallest absolute Gasteiger partial charge is 0.309 e.